The maximum Gasteiger partial charge on any atom is 0.181 e. The minimum Gasteiger partial charge on any atom is -0.457 e. The van der Waals surface area contributed by atoms with Crippen LogP contribution in [0.4, 0.5) is 0 Å². The summed E-state index contributed by atoms with van der Waals surface area (Å²) in [5.74, 6) is 1.04. The first-order valence-electron chi connectivity index (χ1n) is 5.22. The van der Waals surface area contributed by atoms with Crippen LogP contribution >= 0.6 is 11.6 Å². The van der Waals surface area contributed by atoms with Crippen molar-refractivity contribution in [1.29, 1.82) is 0 Å². The lowest BCUT2D eigenvalue weighted by atomic mass is 10.1. The van der Waals surface area contributed by atoms with Crippen LogP contribution in [0.3, 0.4) is 0 Å². The molecule has 17 heavy (non-hydrogen) atoms. The molecule has 0 aliphatic carbocycles. The molecule has 0 aliphatic rings. The van der Waals surface area contributed by atoms with Crippen molar-refractivity contribution in [2.24, 2.45) is 0 Å². The number of carbonyl (C=O) groups is 1. The van der Waals surface area contributed by atoms with Crippen LogP contribution in [0.15, 0.2) is 54.6 Å². The van der Waals surface area contributed by atoms with Gasteiger partial charge in [-0.3, -0.25) is 4.79 Å². The molecular formula is C14H11ClO2. The number of hydrogen-bond acceptors (Lipinski definition) is 2. The lowest BCUT2D eigenvalue weighted by Gasteiger charge is -2.09. The van der Waals surface area contributed by atoms with Crippen LogP contribution in [0, 0.1) is 0 Å². The van der Waals surface area contributed by atoms with Gasteiger partial charge in [0.1, 0.15) is 11.5 Å². The summed E-state index contributed by atoms with van der Waals surface area (Å²) in [5.41, 5.74) is 0.506. The van der Waals surface area contributed by atoms with Gasteiger partial charge in [-0.2, -0.15) is 0 Å². The van der Waals surface area contributed by atoms with Gasteiger partial charge in [-0.1, -0.05) is 30.3 Å². The predicted octanol–water partition coefficient (Wildman–Crippen LogP) is 3.90. The number of benzene rings is 2. The highest BCUT2D eigenvalue weighted by molar-refractivity contribution is 6.30. The van der Waals surface area contributed by atoms with E-state index in [0.717, 1.165) is 0 Å². The summed E-state index contributed by atoms with van der Waals surface area (Å²) in [7, 11) is 0. The van der Waals surface area contributed by atoms with Crippen molar-refractivity contribution in [3.63, 3.8) is 0 Å². The lowest BCUT2D eigenvalue weighted by Crippen LogP contribution is -2.02. The Morgan fingerprint density at radius 3 is 2.35 bits per heavy atom. The second-order valence-electron chi connectivity index (χ2n) is 3.47. The van der Waals surface area contributed by atoms with Crippen LogP contribution in [0.5, 0.6) is 11.5 Å². The summed E-state index contributed by atoms with van der Waals surface area (Å²) in [6, 6.07) is 16.4. The van der Waals surface area contributed by atoms with Crippen LogP contribution < -0.4 is 4.74 Å². The Bertz CT molecular complexity index is 509. The third-order valence-electron chi connectivity index (χ3n) is 2.28. The van der Waals surface area contributed by atoms with Gasteiger partial charge in [0.25, 0.3) is 0 Å². The van der Waals surface area contributed by atoms with E-state index in [2.05, 4.69) is 0 Å². The van der Waals surface area contributed by atoms with E-state index in [1.807, 2.05) is 36.4 Å². The molecule has 0 saturated heterocycles. The van der Waals surface area contributed by atoms with Crippen LogP contribution in [-0.2, 0) is 0 Å². The van der Waals surface area contributed by atoms with Gasteiger partial charge in [0, 0.05) is 0 Å². The Kier molecular flexibility index (Phi) is 3.78. The Morgan fingerprint density at radius 1 is 1.00 bits per heavy atom. The quantitative estimate of drug-likeness (QED) is 0.604. The zero-order chi connectivity index (χ0) is 12.1. The summed E-state index contributed by atoms with van der Waals surface area (Å²) in [5, 5.41) is 0. The van der Waals surface area contributed by atoms with Crippen molar-refractivity contribution in [1.82, 2.24) is 0 Å². The predicted molar refractivity (Wildman–Crippen MR) is 68.0 cm³/mol. The van der Waals surface area contributed by atoms with Crippen molar-refractivity contribution >= 4 is 17.4 Å². The third kappa shape index (κ3) is 2.86. The second kappa shape index (κ2) is 5.51. The van der Waals surface area contributed by atoms with Crippen molar-refractivity contribution in [3.05, 3.63) is 60.2 Å². The van der Waals surface area contributed by atoms with Gasteiger partial charge in [0.05, 0.1) is 11.4 Å². The molecule has 0 aromatic heterocycles. The average Bonchev–Trinajstić information content (AvgIpc) is 2.40. The average molecular weight is 247 g/mol. The van der Waals surface area contributed by atoms with E-state index in [-0.39, 0.29) is 11.7 Å². The Labute approximate surface area is 105 Å². The number of para-hydroxylation sites is 2. The van der Waals surface area contributed by atoms with E-state index < -0.39 is 0 Å². The third-order valence-corrected chi connectivity index (χ3v) is 2.52. The molecule has 0 unspecified atom stereocenters. The Balaban J connectivity index is 2.30. The SMILES string of the molecule is O=C(CCl)c1ccccc1Oc1ccccc1. The zero-order valence-corrected chi connectivity index (χ0v) is 9.85. The van der Waals surface area contributed by atoms with Crippen molar-refractivity contribution in [2.45, 2.75) is 0 Å². The minimum atomic E-state index is -0.141. The monoisotopic (exact) mass is 246 g/mol. The summed E-state index contributed by atoms with van der Waals surface area (Å²) < 4.78 is 5.65. The zero-order valence-electron chi connectivity index (χ0n) is 9.10. The summed E-state index contributed by atoms with van der Waals surface area (Å²) in [6.45, 7) is 0. The fourth-order valence-corrected chi connectivity index (χ4v) is 1.62. The molecule has 0 aliphatic heterocycles. The molecular weight excluding hydrogens is 236 g/mol. The molecule has 0 spiro atoms. The number of ketones is 1. The normalized spacial score (nSPS) is 9.94. The Hall–Kier alpha value is -1.80. The first kappa shape index (κ1) is 11.7. The minimum absolute atomic E-state index is 0.0465. The molecule has 0 atom stereocenters. The number of alkyl halides is 1. The molecule has 2 aromatic rings. The second-order valence-corrected chi connectivity index (χ2v) is 3.74. The van der Waals surface area contributed by atoms with Gasteiger partial charge < -0.3 is 4.74 Å². The molecule has 0 N–H and O–H groups in total. The van der Waals surface area contributed by atoms with Gasteiger partial charge >= 0.3 is 0 Å². The molecule has 0 heterocycles. The maximum absolute atomic E-state index is 11.6. The maximum atomic E-state index is 11.6. The van der Waals surface area contributed by atoms with Crippen molar-refractivity contribution in [3.8, 4) is 11.5 Å². The topological polar surface area (TPSA) is 26.3 Å². The number of carbonyl (C=O) groups excluding carboxylic acids is 1. The highest BCUT2D eigenvalue weighted by Crippen LogP contribution is 2.25. The van der Waals surface area contributed by atoms with Crippen LogP contribution in [0.25, 0.3) is 0 Å². The van der Waals surface area contributed by atoms with E-state index in [1.54, 1.807) is 18.2 Å². The summed E-state index contributed by atoms with van der Waals surface area (Å²) in [4.78, 5) is 11.6. The molecule has 0 amide bonds. The molecule has 0 saturated carbocycles. The number of halogens is 1. The van der Waals surface area contributed by atoms with Crippen LogP contribution in [-0.4, -0.2) is 11.7 Å². The van der Waals surface area contributed by atoms with Gasteiger partial charge in [0.15, 0.2) is 5.78 Å². The molecule has 86 valence electrons. The standard InChI is InChI=1S/C14H11ClO2/c15-10-13(16)12-8-4-5-9-14(12)17-11-6-2-1-3-7-11/h1-9H,10H2. The molecule has 0 fully saturated rings. The molecule has 2 aromatic carbocycles. The van der Waals surface area contributed by atoms with E-state index in [9.17, 15) is 4.79 Å². The molecule has 2 nitrogen and oxygen atoms in total. The fraction of sp³-hybridized carbons (Fsp3) is 0.0714. The smallest absolute Gasteiger partial charge is 0.181 e. The van der Waals surface area contributed by atoms with Crippen molar-refractivity contribution < 1.29 is 9.53 Å². The van der Waals surface area contributed by atoms with E-state index in [4.69, 9.17) is 16.3 Å². The van der Waals surface area contributed by atoms with Gasteiger partial charge in [-0.25, -0.2) is 0 Å². The largest absolute Gasteiger partial charge is 0.457 e. The van der Waals surface area contributed by atoms with Gasteiger partial charge in [-0.05, 0) is 24.3 Å². The van der Waals surface area contributed by atoms with E-state index in [0.29, 0.717) is 17.1 Å². The molecule has 2 rings (SSSR count). The Morgan fingerprint density at radius 2 is 1.65 bits per heavy atom. The summed E-state index contributed by atoms with van der Waals surface area (Å²) >= 11 is 5.56. The number of ether oxygens (including phenoxy) is 1. The fourth-order valence-electron chi connectivity index (χ4n) is 1.47. The van der Waals surface area contributed by atoms with Gasteiger partial charge in [0.2, 0.25) is 0 Å². The molecule has 0 radical (unpaired) electrons. The molecule has 0 bridgehead atoms. The van der Waals surface area contributed by atoms with E-state index in [1.165, 1.54) is 0 Å². The number of hydrogen-bond donors (Lipinski definition) is 0. The van der Waals surface area contributed by atoms with Crippen LogP contribution in [0.1, 0.15) is 10.4 Å². The first-order valence-corrected chi connectivity index (χ1v) is 5.76. The van der Waals surface area contributed by atoms with E-state index >= 15 is 0 Å². The first-order chi connectivity index (χ1) is 8.31. The molecule has 3 heteroatoms. The van der Waals surface area contributed by atoms with Crippen LogP contribution in [0.2, 0.25) is 0 Å². The van der Waals surface area contributed by atoms with Crippen molar-refractivity contribution in [2.75, 3.05) is 5.88 Å². The highest BCUT2D eigenvalue weighted by atomic mass is 35.5. The lowest BCUT2D eigenvalue weighted by molar-refractivity contribution is 0.101. The number of Topliss-reactive ketones (excluding diaryl/α,β-unsaturated/α-hetero) is 1. The summed E-state index contributed by atoms with van der Waals surface area (Å²) in [6.07, 6.45) is 0. The van der Waals surface area contributed by atoms with Gasteiger partial charge in [-0.15, -0.1) is 11.6 Å². The highest BCUT2D eigenvalue weighted by Gasteiger charge is 2.11. The number of rotatable bonds is 4.